The van der Waals surface area contributed by atoms with E-state index in [9.17, 15) is 13.2 Å². The fourth-order valence-electron chi connectivity index (χ4n) is 3.23. The average Bonchev–Trinajstić information content (AvgIpc) is 2.98. The lowest BCUT2D eigenvalue weighted by Gasteiger charge is -2.24. The van der Waals surface area contributed by atoms with E-state index in [1.807, 2.05) is 6.07 Å². The van der Waals surface area contributed by atoms with Crippen LogP contribution in [-0.2, 0) is 10.0 Å². The van der Waals surface area contributed by atoms with Gasteiger partial charge in [0.05, 0.1) is 10.6 Å². The lowest BCUT2D eigenvalue weighted by atomic mass is 10.2. The number of hydrogen-bond donors (Lipinski definition) is 1. The first-order valence-electron chi connectivity index (χ1n) is 9.22. The fraction of sp³-hybridized carbons (Fsp3) is 0.350. The van der Waals surface area contributed by atoms with Gasteiger partial charge in [0.2, 0.25) is 0 Å². The molecule has 144 valence electrons. The Morgan fingerprint density at radius 1 is 1.07 bits per heavy atom. The zero-order chi connectivity index (χ0) is 19.3. The number of para-hydroxylation sites is 1. The number of amides is 1. The number of carbonyl (C=O) groups excluding carboxylic acids is 1. The van der Waals surface area contributed by atoms with E-state index in [-0.39, 0.29) is 10.8 Å². The van der Waals surface area contributed by atoms with E-state index in [0.29, 0.717) is 30.9 Å². The molecule has 2 aromatic carbocycles. The largest absolute Gasteiger partial charge is 0.337 e. The van der Waals surface area contributed by atoms with Crippen LogP contribution in [0.4, 0.5) is 5.69 Å². The molecule has 0 aromatic heterocycles. The van der Waals surface area contributed by atoms with Crippen molar-refractivity contribution in [3.05, 3.63) is 60.2 Å². The maximum Gasteiger partial charge on any atom is 0.264 e. The van der Waals surface area contributed by atoms with Crippen molar-refractivity contribution in [1.82, 2.24) is 10.2 Å². The molecule has 0 radical (unpaired) electrons. The quantitative estimate of drug-likeness (QED) is 0.855. The van der Waals surface area contributed by atoms with Gasteiger partial charge in [-0.25, -0.2) is 8.42 Å². The number of sulfonamides is 1. The van der Waals surface area contributed by atoms with Crippen molar-refractivity contribution in [2.45, 2.75) is 18.2 Å². The third-order valence-electron chi connectivity index (χ3n) is 4.63. The number of nitrogens with zero attached hydrogens (tertiary/aromatic N) is 2. The summed E-state index contributed by atoms with van der Waals surface area (Å²) in [5.74, 6) is -0.126. The van der Waals surface area contributed by atoms with Gasteiger partial charge in [0.25, 0.3) is 15.9 Å². The molecule has 1 aliphatic heterocycles. The molecule has 1 fully saturated rings. The van der Waals surface area contributed by atoms with Crippen LogP contribution in [0.5, 0.6) is 0 Å². The van der Waals surface area contributed by atoms with E-state index in [1.165, 1.54) is 10.4 Å². The van der Waals surface area contributed by atoms with Crippen LogP contribution in [0, 0.1) is 0 Å². The van der Waals surface area contributed by atoms with Gasteiger partial charge in [-0.3, -0.25) is 9.10 Å². The van der Waals surface area contributed by atoms with E-state index in [2.05, 4.69) is 5.32 Å². The summed E-state index contributed by atoms with van der Waals surface area (Å²) in [6.45, 7) is 5.04. The number of carbonyl (C=O) groups is 1. The third kappa shape index (κ3) is 4.31. The van der Waals surface area contributed by atoms with Crippen LogP contribution in [0.3, 0.4) is 0 Å². The van der Waals surface area contributed by atoms with Crippen molar-refractivity contribution < 1.29 is 13.2 Å². The highest BCUT2D eigenvalue weighted by Crippen LogP contribution is 2.24. The lowest BCUT2D eigenvalue weighted by Crippen LogP contribution is -2.34. The number of anilines is 1. The van der Waals surface area contributed by atoms with Gasteiger partial charge in [0, 0.05) is 31.7 Å². The molecule has 0 saturated carbocycles. The third-order valence-corrected chi connectivity index (χ3v) is 6.53. The molecule has 27 heavy (non-hydrogen) atoms. The molecular formula is C20H25N3O3S. The summed E-state index contributed by atoms with van der Waals surface area (Å²) in [7, 11) is -3.75. The summed E-state index contributed by atoms with van der Waals surface area (Å²) in [5, 5.41) is 3.26. The van der Waals surface area contributed by atoms with Crippen LogP contribution in [0.1, 0.15) is 23.7 Å². The van der Waals surface area contributed by atoms with E-state index in [0.717, 1.165) is 19.5 Å². The average molecular weight is 388 g/mol. The van der Waals surface area contributed by atoms with Crippen LogP contribution in [-0.4, -0.2) is 51.9 Å². The van der Waals surface area contributed by atoms with Crippen LogP contribution in [0.2, 0.25) is 0 Å². The minimum atomic E-state index is -3.75. The summed E-state index contributed by atoms with van der Waals surface area (Å²) in [4.78, 5) is 14.7. The molecule has 1 saturated heterocycles. The van der Waals surface area contributed by atoms with Crippen LogP contribution >= 0.6 is 0 Å². The topological polar surface area (TPSA) is 69.7 Å². The van der Waals surface area contributed by atoms with Gasteiger partial charge in [-0.1, -0.05) is 24.3 Å². The predicted octanol–water partition coefficient (Wildman–Crippen LogP) is 2.34. The monoisotopic (exact) mass is 387 g/mol. The lowest BCUT2D eigenvalue weighted by molar-refractivity contribution is 0.0766. The predicted molar refractivity (Wildman–Crippen MR) is 106 cm³/mol. The molecule has 3 rings (SSSR count). The molecular weight excluding hydrogens is 362 g/mol. The van der Waals surface area contributed by atoms with Crippen molar-refractivity contribution in [3.63, 3.8) is 0 Å². The molecule has 0 unspecified atom stereocenters. The molecule has 1 amide bonds. The van der Waals surface area contributed by atoms with Crippen LogP contribution in [0.15, 0.2) is 59.5 Å². The van der Waals surface area contributed by atoms with Crippen molar-refractivity contribution in [3.8, 4) is 0 Å². The van der Waals surface area contributed by atoms with Gasteiger partial charge in [0.1, 0.15) is 0 Å². The first-order valence-corrected chi connectivity index (χ1v) is 10.7. The Balaban J connectivity index is 1.90. The standard InChI is InChI=1S/C20H25N3O3S/c1-2-23(18-9-4-3-5-10-18)27(25,26)19-11-6-8-17(16-19)20(24)22-14-7-12-21-13-15-22/h3-6,8-11,16,21H,2,7,12-15H2,1H3. The highest BCUT2D eigenvalue weighted by Gasteiger charge is 2.25. The molecule has 1 aliphatic rings. The maximum atomic E-state index is 13.2. The first kappa shape index (κ1) is 19.4. The molecule has 0 aliphatic carbocycles. The minimum absolute atomic E-state index is 0.126. The molecule has 0 bridgehead atoms. The summed E-state index contributed by atoms with van der Waals surface area (Å²) >= 11 is 0. The van der Waals surface area contributed by atoms with Gasteiger partial charge in [0.15, 0.2) is 0 Å². The van der Waals surface area contributed by atoms with Crippen LogP contribution < -0.4 is 9.62 Å². The molecule has 7 heteroatoms. The Bertz CT molecular complexity index is 876. The van der Waals surface area contributed by atoms with E-state index in [4.69, 9.17) is 0 Å². The van der Waals surface area contributed by atoms with Crippen LogP contribution in [0.25, 0.3) is 0 Å². The highest BCUT2D eigenvalue weighted by molar-refractivity contribution is 7.92. The molecule has 6 nitrogen and oxygen atoms in total. The molecule has 0 spiro atoms. The second-order valence-corrected chi connectivity index (χ2v) is 8.29. The number of rotatable bonds is 5. The number of nitrogens with one attached hydrogen (secondary N) is 1. The normalized spacial score (nSPS) is 15.2. The SMILES string of the molecule is CCN(c1ccccc1)S(=O)(=O)c1cccc(C(=O)N2CCCNCC2)c1. The van der Waals surface area contributed by atoms with Gasteiger partial charge in [-0.15, -0.1) is 0 Å². The second-order valence-electron chi connectivity index (χ2n) is 6.43. The van der Waals surface area contributed by atoms with Gasteiger partial charge < -0.3 is 10.2 Å². The summed E-state index contributed by atoms with van der Waals surface area (Å²) in [6, 6.07) is 15.3. The Labute approximate surface area is 160 Å². The molecule has 1 N–H and O–H groups in total. The Kier molecular flexibility index (Phi) is 6.13. The minimum Gasteiger partial charge on any atom is -0.337 e. The zero-order valence-electron chi connectivity index (χ0n) is 15.5. The Morgan fingerprint density at radius 2 is 1.85 bits per heavy atom. The zero-order valence-corrected chi connectivity index (χ0v) is 16.3. The van der Waals surface area contributed by atoms with E-state index >= 15 is 0 Å². The smallest absolute Gasteiger partial charge is 0.264 e. The van der Waals surface area contributed by atoms with Crippen molar-refractivity contribution >= 4 is 21.6 Å². The summed E-state index contributed by atoms with van der Waals surface area (Å²) in [6.07, 6.45) is 0.890. The van der Waals surface area contributed by atoms with Gasteiger partial charge in [-0.05, 0) is 50.2 Å². The Morgan fingerprint density at radius 3 is 2.59 bits per heavy atom. The fourth-order valence-corrected chi connectivity index (χ4v) is 4.75. The maximum absolute atomic E-state index is 13.2. The number of benzene rings is 2. The molecule has 0 atom stereocenters. The van der Waals surface area contributed by atoms with Gasteiger partial charge in [-0.2, -0.15) is 0 Å². The van der Waals surface area contributed by atoms with E-state index < -0.39 is 10.0 Å². The number of hydrogen-bond acceptors (Lipinski definition) is 4. The van der Waals surface area contributed by atoms with Crippen molar-refractivity contribution in [2.24, 2.45) is 0 Å². The highest BCUT2D eigenvalue weighted by atomic mass is 32.2. The Hall–Kier alpha value is -2.38. The van der Waals surface area contributed by atoms with Crippen molar-refractivity contribution in [1.29, 1.82) is 0 Å². The van der Waals surface area contributed by atoms with E-state index in [1.54, 1.807) is 54.3 Å². The first-order chi connectivity index (χ1) is 13.0. The summed E-state index contributed by atoms with van der Waals surface area (Å²) < 4.78 is 27.7. The molecule has 1 heterocycles. The second kappa shape index (κ2) is 8.54. The molecule has 2 aromatic rings. The summed E-state index contributed by atoms with van der Waals surface area (Å²) in [5.41, 5.74) is 1.01. The van der Waals surface area contributed by atoms with Crippen molar-refractivity contribution in [2.75, 3.05) is 37.0 Å². The van der Waals surface area contributed by atoms with Gasteiger partial charge >= 0.3 is 0 Å².